The number of ether oxygens (including phenoxy) is 1. The number of alkyl halides is 2. The molecule has 0 atom stereocenters. The minimum atomic E-state index is -2.68. The van der Waals surface area contributed by atoms with E-state index in [0.29, 0.717) is 5.56 Å². The molecule has 4 heteroatoms. The Hall–Kier alpha value is -2.23. The van der Waals surface area contributed by atoms with Gasteiger partial charge in [-0.2, -0.15) is 0 Å². The number of rotatable bonds is 4. The SMILES string of the molecule is COc1ccc(C=Cc2cc(F)cc(C(F)F)c2)cc1. The number of hydrogen-bond donors (Lipinski definition) is 0. The van der Waals surface area contributed by atoms with E-state index in [1.54, 1.807) is 31.4 Å². The number of methoxy groups -OCH3 is 1. The minimum absolute atomic E-state index is 0.320. The molecule has 0 amide bonds. The van der Waals surface area contributed by atoms with E-state index < -0.39 is 12.2 Å². The first-order valence-electron chi connectivity index (χ1n) is 5.99. The molecule has 104 valence electrons. The molecule has 0 aliphatic rings. The molecule has 0 spiro atoms. The predicted molar refractivity (Wildman–Crippen MR) is 73.3 cm³/mol. The Morgan fingerprint density at radius 1 is 0.950 bits per heavy atom. The van der Waals surface area contributed by atoms with Crippen molar-refractivity contribution in [2.24, 2.45) is 0 Å². The van der Waals surface area contributed by atoms with Gasteiger partial charge < -0.3 is 4.74 Å². The molecule has 2 aromatic carbocycles. The summed E-state index contributed by atoms with van der Waals surface area (Å²) in [6, 6.07) is 10.5. The molecule has 0 N–H and O–H groups in total. The molecule has 1 nitrogen and oxygen atoms in total. The Bertz CT molecular complexity index is 604. The van der Waals surface area contributed by atoms with Gasteiger partial charge in [0.2, 0.25) is 0 Å². The van der Waals surface area contributed by atoms with Crippen LogP contribution >= 0.6 is 0 Å². The smallest absolute Gasteiger partial charge is 0.263 e. The van der Waals surface area contributed by atoms with Gasteiger partial charge in [0.25, 0.3) is 6.43 Å². The first-order valence-corrected chi connectivity index (χ1v) is 5.99. The molecule has 0 aromatic heterocycles. The standard InChI is InChI=1S/C16H13F3O/c1-20-15-6-4-11(5-7-15)2-3-12-8-13(16(18)19)10-14(17)9-12/h2-10,16H,1H3. The van der Waals surface area contributed by atoms with E-state index in [4.69, 9.17) is 4.74 Å². The summed E-state index contributed by atoms with van der Waals surface area (Å²) in [7, 11) is 1.57. The van der Waals surface area contributed by atoms with E-state index in [0.717, 1.165) is 17.4 Å². The predicted octanol–water partition coefficient (Wildman–Crippen LogP) is 4.94. The van der Waals surface area contributed by atoms with Crippen molar-refractivity contribution in [1.29, 1.82) is 0 Å². The zero-order valence-electron chi connectivity index (χ0n) is 10.8. The molecule has 2 rings (SSSR count). The highest BCUT2D eigenvalue weighted by Crippen LogP contribution is 2.22. The Morgan fingerprint density at radius 2 is 1.60 bits per heavy atom. The van der Waals surface area contributed by atoms with Crippen molar-refractivity contribution < 1.29 is 17.9 Å². The third kappa shape index (κ3) is 3.63. The highest BCUT2D eigenvalue weighted by atomic mass is 19.3. The Balaban J connectivity index is 2.21. The van der Waals surface area contributed by atoms with Gasteiger partial charge in [-0.25, -0.2) is 13.2 Å². The zero-order valence-corrected chi connectivity index (χ0v) is 10.8. The van der Waals surface area contributed by atoms with Crippen molar-refractivity contribution in [3.8, 4) is 5.75 Å². The van der Waals surface area contributed by atoms with Crippen LogP contribution in [-0.2, 0) is 0 Å². The van der Waals surface area contributed by atoms with Crippen molar-refractivity contribution in [3.05, 3.63) is 65.0 Å². The van der Waals surface area contributed by atoms with Gasteiger partial charge in [-0.1, -0.05) is 24.3 Å². The second-order valence-corrected chi connectivity index (χ2v) is 4.23. The summed E-state index contributed by atoms with van der Waals surface area (Å²) in [6.07, 6.45) is 0.638. The van der Waals surface area contributed by atoms with Gasteiger partial charge in [-0.05, 0) is 41.5 Å². The molecule has 0 aliphatic heterocycles. The third-order valence-corrected chi connectivity index (χ3v) is 2.78. The van der Waals surface area contributed by atoms with E-state index in [1.165, 1.54) is 12.1 Å². The quantitative estimate of drug-likeness (QED) is 0.719. The van der Waals surface area contributed by atoms with Gasteiger partial charge in [0.05, 0.1) is 7.11 Å². The van der Waals surface area contributed by atoms with Crippen molar-refractivity contribution in [3.63, 3.8) is 0 Å². The van der Waals surface area contributed by atoms with Crippen LogP contribution in [-0.4, -0.2) is 7.11 Å². The maximum atomic E-state index is 13.2. The molecule has 2 aromatic rings. The third-order valence-electron chi connectivity index (χ3n) is 2.78. The first kappa shape index (κ1) is 14.2. The van der Waals surface area contributed by atoms with Crippen LogP contribution < -0.4 is 4.74 Å². The van der Waals surface area contributed by atoms with Gasteiger partial charge in [-0.15, -0.1) is 0 Å². The average molecular weight is 278 g/mol. The Morgan fingerprint density at radius 3 is 2.20 bits per heavy atom. The van der Waals surface area contributed by atoms with E-state index in [-0.39, 0.29) is 5.56 Å². The Kier molecular flexibility index (Phi) is 4.45. The number of hydrogen-bond acceptors (Lipinski definition) is 1. The fraction of sp³-hybridized carbons (Fsp3) is 0.125. The van der Waals surface area contributed by atoms with E-state index in [1.807, 2.05) is 12.1 Å². The number of halogens is 3. The molecule has 0 saturated carbocycles. The molecule has 0 heterocycles. The largest absolute Gasteiger partial charge is 0.497 e. The van der Waals surface area contributed by atoms with Gasteiger partial charge in [-0.3, -0.25) is 0 Å². The van der Waals surface area contributed by atoms with E-state index in [9.17, 15) is 13.2 Å². The average Bonchev–Trinajstić information content (AvgIpc) is 2.45. The summed E-state index contributed by atoms with van der Waals surface area (Å²) in [5, 5.41) is 0. The lowest BCUT2D eigenvalue weighted by Gasteiger charge is -2.02. The molecular formula is C16H13F3O. The van der Waals surface area contributed by atoms with Crippen LogP contribution in [0.1, 0.15) is 23.1 Å². The summed E-state index contributed by atoms with van der Waals surface area (Å²) in [4.78, 5) is 0. The van der Waals surface area contributed by atoms with Crippen LogP contribution in [0.15, 0.2) is 42.5 Å². The molecule has 0 aliphatic carbocycles. The van der Waals surface area contributed by atoms with Crippen LogP contribution in [0.4, 0.5) is 13.2 Å². The number of benzene rings is 2. The van der Waals surface area contributed by atoms with Gasteiger partial charge >= 0.3 is 0 Å². The summed E-state index contributed by atoms with van der Waals surface area (Å²) < 4.78 is 43.4. The summed E-state index contributed by atoms with van der Waals surface area (Å²) in [5.74, 6) is 0.0603. The van der Waals surface area contributed by atoms with Crippen LogP contribution in [0.5, 0.6) is 5.75 Å². The maximum Gasteiger partial charge on any atom is 0.263 e. The summed E-state index contributed by atoms with van der Waals surface area (Å²) >= 11 is 0. The van der Waals surface area contributed by atoms with Crippen molar-refractivity contribution in [1.82, 2.24) is 0 Å². The topological polar surface area (TPSA) is 9.23 Å². The highest BCUT2D eigenvalue weighted by molar-refractivity contribution is 5.70. The van der Waals surface area contributed by atoms with Gasteiger partial charge in [0.15, 0.2) is 0 Å². The highest BCUT2D eigenvalue weighted by Gasteiger charge is 2.08. The second-order valence-electron chi connectivity index (χ2n) is 4.23. The molecule has 0 radical (unpaired) electrons. The van der Waals surface area contributed by atoms with Crippen molar-refractivity contribution in [2.45, 2.75) is 6.43 Å². The van der Waals surface area contributed by atoms with Crippen LogP contribution in [0.2, 0.25) is 0 Å². The van der Waals surface area contributed by atoms with Crippen molar-refractivity contribution >= 4 is 12.2 Å². The van der Waals surface area contributed by atoms with Gasteiger partial charge in [0.1, 0.15) is 11.6 Å². The molecule has 0 bridgehead atoms. The van der Waals surface area contributed by atoms with Crippen molar-refractivity contribution in [2.75, 3.05) is 7.11 Å². The molecule has 0 saturated heterocycles. The molecule has 0 unspecified atom stereocenters. The molecule has 20 heavy (non-hydrogen) atoms. The van der Waals surface area contributed by atoms with Gasteiger partial charge in [0, 0.05) is 5.56 Å². The fourth-order valence-electron chi connectivity index (χ4n) is 1.77. The zero-order chi connectivity index (χ0) is 14.5. The fourth-order valence-corrected chi connectivity index (χ4v) is 1.77. The van der Waals surface area contributed by atoms with Crippen LogP contribution in [0.3, 0.4) is 0 Å². The normalized spacial score (nSPS) is 11.2. The lowest BCUT2D eigenvalue weighted by Crippen LogP contribution is -1.88. The lowest BCUT2D eigenvalue weighted by atomic mass is 10.1. The second kappa shape index (κ2) is 6.28. The molecular weight excluding hydrogens is 265 g/mol. The van der Waals surface area contributed by atoms with E-state index >= 15 is 0 Å². The maximum absolute atomic E-state index is 13.2. The monoisotopic (exact) mass is 278 g/mol. The lowest BCUT2D eigenvalue weighted by molar-refractivity contribution is 0.151. The molecule has 0 fully saturated rings. The minimum Gasteiger partial charge on any atom is -0.497 e. The first-order chi connectivity index (χ1) is 9.58. The van der Waals surface area contributed by atoms with Crippen LogP contribution in [0, 0.1) is 5.82 Å². The van der Waals surface area contributed by atoms with E-state index in [2.05, 4.69) is 0 Å². The summed E-state index contributed by atoms with van der Waals surface area (Å²) in [5.41, 5.74) is 0.948. The summed E-state index contributed by atoms with van der Waals surface area (Å²) in [6.45, 7) is 0. The Labute approximate surface area is 115 Å². The van der Waals surface area contributed by atoms with Crippen LogP contribution in [0.25, 0.3) is 12.2 Å².